The molecule has 0 heterocycles. The van der Waals surface area contributed by atoms with Crippen molar-refractivity contribution in [3.8, 4) is 0 Å². The van der Waals surface area contributed by atoms with Gasteiger partial charge in [0, 0.05) is 0 Å². The zero-order chi connectivity index (χ0) is 22.9. The largest absolute Gasteiger partial charge is 0.394 e. The van der Waals surface area contributed by atoms with E-state index in [2.05, 4.69) is 26.8 Å². The fraction of sp³-hybridized carbons (Fsp3) is 0.931. The van der Waals surface area contributed by atoms with Crippen molar-refractivity contribution in [3.05, 3.63) is 11.6 Å². The lowest BCUT2D eigenvalue weighted by molar-refractivity contribution is -0.0425. The second-order valence-corrected chi connectivity index (χ2v) is 11.1. The van der Waals surface area contributed by atoms with E-state index in [0.29, 0.717) is 10.8 Å². The molecular formula is C29H54O2. The fourth-order valence-corrected chi connectivity index (χ4v) is 8.10. The predicted octanol–water partition coefficient (Wildman–Crippen LogP) is 7.92. The second kappa shape index (κ2) is 12.8. The van der Waals surface area contributed by atoms with E-state index in [9.17, 15) is 0 Å². The van der Waals surface area contributed by atoms with Crippen LogP contribution in [0.4, 0.5) is 0 Å². The van der Waals surface area contributed by atoms with Gasteiger partial charge in [0.15, 0.2) is 0 Å². The van der Waals surface area contributed by atoms with Crippen LogP contribution >= 0.6 is 0 Å². The zero-order valence-electron chi connectivity index (χ0n) is 21.6. The molecule has 4 rings (SSSR count). The van der Waals surface area contributed by atoms with E-state index in [4.69, 9.17) is 10.2 Å². The number of rotatable bonds is 6. The standard InChI is InChI=1S/C25H42.C2H6O2.C2H6/c1-4-5-6-7-10-20-13-15-22-21-14-12-19-11-8-9-17-24(19,2)23(21)16-18-25(20,22)3;3-1-2-4;1-2/h12,20-23H,4-11,13-18H2,1-3H3;3-4H,1-2H2;1-2H3. The molecule has 182 valence electrons. The molecule has 3 saturated carbocycles. The Morgan fingerprint density at radius 3 is 2.32 bits per heavy atom. The van der Waals surface area contributed by atoms with Gasteiger partial charge in [-0.15, -0.1) is 0 Å². The number of allylic oxidation sites excluding steroid dienone is 2. The van der Waals surface area contributed by atoms with Crippen LogP contribution in [0.2, 0.25) is 0 Å². The molecule has 4 aliphatic rings. The van der Waals surface area contributed by atoms with E-state index < -0.39 is 0 Å². The van der Waals surface area contributed by atoms with Gasteiger partial charge in [0.2, 0.25) is 0 Å². The van der Waals surface area contributed by atoms with E-state index in [1.807, 2.05) is 19.4 Å². The molecule has 0 radical (unpaired) electrons. The van der Waals surface area contributed by atoms with Crippen LogP contribution in [0.1, 0.15) is 125 Å². The number of fused-ring (bicyclic) bond motifs is 5. The van der Waals surface area contributed by atoms with E-state index in [-0.39, 0.29) is 13.2 Å². The maximum absolute atomic E-state index is 7.62. The third kappa shape index (κ3) is 5.78. The highest BCUT2D eigenvalue weighted by Gasteiger charge is 2.57. The molecule has 0 spiro atoms. The first-order chi connectivity index (χ1) is 15.0. The first-order valence-electron chi connectivity index (χ1n) is 13.9. The van der Waals surface area contributed by atoms with Crippen LogP contribution in [0.5, 0.6) is 0 Å². The van der Waals surface area contributed by atoms with Gasteiger partial charge in [0.25, 0.3) is 0 Å². The number of aliphatic hydroxyl groups is 2. The molecule has 0 saturated heterocycles. The van der Waals surface area contributed by atoms with E-state index in [1.54, 1.807) is 19.3 Å². The molecule has 2 nitrogen and oxygen atoms in total. The van der Waals surface area contributed by atoms with Crippen LogP contribution in [0.15, 0.2) is 11.6 Å². The van der Waals surface area contributed by atoms with Crippen LogP contribution in [0.3, 0.4) is 0 Å². The predicted molar refractivity (Wildman–Crippen MR) is 134 cm³/mol. The number of aliphatic hydroxyl groups excluding tert-OH is 2. The van der Waals surface area contributed by atoms with Gasteiger partial charge < -0.3 is 10.2 Å². The smallest absolute Gasteiger partial charge is 0.0662 e. The Labute approximate surface area is 194 Å². The summed E-state index contributed by atoms with van der Waals surface area (Å²) >= 11 is 0. The molecule has 31 heavy (non-hydrogen) atoms. The highest BCUT2D eigenvalue weighted by Crippen LogP contribution is 2.66. The summed E-state index contributed by atoms with van der Waals surface area (Å²) in [7, 11) is 0. The SMILES string of the molecule is CC.CCCCCCC1CCC2C3CC=C4CCCCC4(C)C3CCC12C.OCCO. The first kappa shape index (κ1) is 26.9. The molecule has 2 N–H and O–H groups in total. The minimum absolute atomic E-state index is 0.125. The summed E-state index contributed by atoms with van der Waals surface area (Å²) in [5, 5.41) is 15.2. The van der Waals surface area contributed by atoms with Crippen molar-refractivity contribution in [1.29, 1.82) is 0 Å². The molecule has 2 heteroatoms. The number of hydrogen-bond acceptors (Lipinski definition) is 2. The van der Waals surface area contributed by atoms with Crippen molar-refractivity contribution in [1.82, 2.24) is 0 Å². The first-order valence-corrected chi connectivity index (χ1v) is 13.9. The Morgan fingerprint density at radius 2 is 1.65 bits per heavy atom. The van der Waals surface area contributed by atoms with Crippen molar-refractivity contribution in [2.24, 2.45) is 34.5 Å². The fourth-order valence-electron chi connectivity index (χ4n) is 8.10. The Bertz CT molecular complexity index is 539. The van der Waals surface area contributed by atoms with Gasteiger partial charge in [-0.05, 0) is 92.3 Å². The molecule has 0 bridgehead atoms. The van der Waals surface area contributed by atoms with Crippen molar-refractivity contribution >= 4 is 0 Å². The molecule has 0 aromatic rings. The van der Waals surface area contributed by atoms with E-state index in [1.165, 1.54) is 70.6 Å². The summed E-state index contributed by atoms with van der Waals surface area (Å²) in [4.78, 5) is 0. The Morgan fingerprint density at radius 1 is 0.903 bits per heavy atom. The van der Waals surface area contributed by atoms with E-state index in [0.717, 1.165) is 23.7 Å². The molecular weight excluding hydrogens is 380 g/mol. The van der Waals surface area contributed by atoms with Gasteiger partial charge in [0.1, 0.15) is 0 Å². The van der Waals surface area contributed by atoms with Crippen molar-refractivity contribution < 1.29 is 10.2 Å². The lowest BCUT2D eigenvalue weighted by Crippen LogP contribution is -2.49. The van der Waals surface area contributed by atoms with Gasteiger partial charge >= 0.3 is 0 Å². The normalized spacial score (nSPS) is 38.4. The van der Waals surface area contributed by atoms with Gasteiger partial charge in [-0.1, -0.05) is 78.4 Å². The summed E-state index contributed by atoms with van der Waals surface area (Å²) < 4.78 is 0. The quantitative estimate of drug-likeness (QED) is 0.329. The number of unbranched alkanes of at least 4 members (excludes halogenated alkanes) is 3. The summed E-state index contributed by atoms with van der Waals surface area (Å²) in [6.45, 7) is 11.5. The Kier molecular flexibility index (Phi) is 11.1. The van der Waals surface area contributed by atoms with Crippen molar-refractivity contribution in [2.75, 3.05) is 13.2 Å². The maximum atomic E-state index is 7.62. The summed E-state index contributed by atoms with van der Waals surface area (Å²) in [6.07, 6.45) is 23.5. The lowest BCUT2D eigenvalue weighted by atomic mass is 9.47. The average Bonchev–Trinajstić information content (AvgIpc) is 3.14. The summed E-state index contributed by atoms with van der Waals surface area (Å²) in [5.74, 6) is 4.12. The molecule has 6 unspecified atom stereocenters. The van der Waals surface area contributed by atoms with Crippen molar-refractivity contribution in [3.63, 3.8) is 0 Å². The Balaban J connectivity index is 0.000000513. The lowest BCUT2D eigenvalue weighted by Gasteiger charge is -2.57. The molecule has 0 aliphatic heterocycles. The Hall–Kier alpha value is -0.340. The van der Waals surface area contributed by atoms with E-state index >= 15 is 0 Å². The topological polar surface area (TPSA) is 40.5 Å². The highest BCUT2D eigenvalue weighted by atomic mass is 16.3. The molecule has 3 fully saturated rings. The minimum atomic E-state index is -0.125. The molecule has 0 amide bonds. The van der Waals surface area contributed by atoms with Gasteiger partial charge in [-0.3, -0.25) is 0 Å². The summed E-state index contributed by atoms with van der Waals surface area (Å²) in [5.41, 5.74) is 3.14. The molecule has 6 atom stereocenters. The van der Waals surface area contributed by atoms with Gasteiger partial charge in [-0.25, -0.2) is 0 Å². The van der Waals surface area contributed by atoms with Gasteiger partial charge in [0.05, 0.1) is 13.2 Å². The molecule has 0 aromatic heterocycles. The van der Waals surface area contributed by atoms with Gasteiger partial charge in [-0.2, -0.15) is 0 Å². The zero-order valence-corrected chi connectivity index (χ0v) is 21.6. The van der Waals surface area contributed by atoms with Crippen molar-refractivity contribution in [2.45, 2.75) is 125 Å². The highest BCUT2D eigenvalue weighted by molar-refractivity contribution is 5.24. The minimum Gasteiger partial charge on any atom is -0.394 e. The van der Waals surface area contributed by atoms with Crippen LogP contribution in [0, 0.1) is 34.5 Å². The van der Waals surface area contributed by atoms with Crippen LogP contribution in [-0.4, -0.2) is 23.4 Å². The van der Waals surface area contributed by atoms with Crippen LogP contribution < -0.4 is 0 Å². The van der Waals surface area contributed by atoms with Crippen LogP contribution in [-0.2, 0) is 0 Å². The maximum Gasteiger partial charge on any atom is 0.0662 e. The second-order valence-electron chi connectivity index (χ2n) is 11.1. The summed E-state index contributed by atoms with van der Waals surface area (Å²) in [6, 6.07) is 0. The third-order valence-electron chi connectivity index (χ3n) is 9.72. The average molecular weight is 435 g/mol. The molecule has 4 aliphatic carbocycles. The molecule has 0 aromatic carbocycles. The monoisotopic (exact) mass is 434 g/mol. The number of hydrogen-bond donors (Lipinski definition) is 2. The van der Waals surface area contributed by atoms with Crippen LogP contribution in [0.25, 0.3) is 0 Å². The third-order valence-corrected chi connectivity index (χ3v) is 9.72.